The van der Waals surface area contributed by atoms with Gasteiger partial charge in [-0.15, -0.1) is 0 Å². The SMILES string of the molecule is COC(=O)Cc1cc(N)cc(C#N)c1F. The monoisotopic (exact) mass is 208 g/mol. The second-order valence-electron chi connectivity index (χ2n) is 2.91. The molecule has 0 fully saturated rings. The molecule has 1 aromatic rings. The smallest absolute Gasteiger partial charge is 0.310 e. The number of benzene rings is 1. The Labute approximate surface area is 86.1 Å². The standard InChI is InChI=1S/C10H9FN2O2/c1-15-9(14)4-6-2-8(13)3-7(5-12)10(6)11/h2-3H,4,13H2,1H3. The minimum absolute atomic E-state index is 0.0680. The molecule has 0 radical (unpaired) electrons. The third-order valence-corrected chi connectivity index (χ3v) is 1.85. The molecule has 4 nitrogen and oxygen atoms in total. The number of halogens is 1. The molecule has 5 heteroatoms. The number of esters is 1. The number of hydrogen-bond acceptors (Lipinski definition) is 4. The van der Waals surface area contributed by atoms with E-state index < -0.39 is 11.8 Å². The first-order valence-corrected chi connectivity index (χ1v) is 4.13. The molecule has 0 aliphatic rings. The summed E-state index contributed by atoms with van der Waals surface area (Å²) in [4.78, 5) is 10.9. The predicted octanol–water partition coefficient (Wildman–Crippen LogP) is 0.995. The van der Waals surface area contributed by atoms with E-state index in [-0.39, 0.29) is 23.2 Å². The molecule has 0 heterocycles. The van der Waals surface area contributed by atoms with Crippen molar-refractivity contribution in [3.05, 3.63) is 29.1 Å². The molecule has 0 atom stereocenters. The number of nitrogen functional groups attached to an aromatic ring is 1. The first-order chi connectivity index (χ1) is 7.08. The Morgan fingerprint density at radius 1 is 1.67 bits per heavy atom. The Balaban J connectivity index is 3.13. The zero-order valence-corrected chi connectivity index (χ0v) is 8.08. The van der Waals surface area contributed by atoms with E-state index in [1.54, 1.807) is 6.07 Å². The lowest BCUT2D eigenvalue weighted by atomic mass is 10.1. The number of rotatable bonds is 2. The topological polar surface area (TPSA) is 76.1 Å². The van der Waals surface area contributed by atoms with Gasteiger partial charge in [0.25, 0.3) is 0 Å². The van der Waals surface area contributed by atoms with E-state index in [0.29, 0.717) is 0 Å². The van der Waals surface area contributed by atoms with Crippen LogP contribution in [0.25, 0.3) is 0 Å². The fourth-order valence-corrected chi connectivity index (χ4v) is 1.15. The lowest BCUT2D eigenvalue weighted by Crippen LogP contribution is -2.07. The quantitative estimate of drug-likeness (QED) is 0.581. The van der Waals surface area contributed by atoms with Gasteiger partial charge in [-0.3, -0.25) is 4.79 Å². The van der Waals surface area contributed by atoms with E-state index in [1.807, 2.05) is 0 Å². The van der Waals surface area contributed by atoms with Gasteiger partial charge in [-0.2, -0.15) is 5.26 Å². The number of anilines is 1. The van der Waals surface area contributed by atoms with E-state index in [1.165, 1.54) is 19.2 Å². The summed E-state index contributed by atoms with van der Waals surface area (Å²) in [7, 11) is 1.21. The van der Waals surface area contributed by atoms with Crippen LogP contribution >= 0.6 is 0 Å². The van der Waals surface area contributed by atoms with Crippen molar-refractivity contribution in [1.29, 1.82) is 5.26 Å². The van der Waals surface area contributed by atoms with E-state index in [9.17, 15) is 9.18 Å². The number of methoxy groups -OCH3 is 1. The molecule has 0 saturated heterocycles. The van der Waals surface area contributed by atoms with Crippen LogP contribution in [0.3, 0.4) is 0 Å². The molecule has 1 rings (SSSR count). The Kier molecular flexibility index (Phi) is 3.24. The van der Waals surface area contributed by atoms with Gasteiger partial charge in [0.1, 0.15) is 11.9 Å². The second kappa shape index (κ2) is 4.42. The Morgan fingerprint density at radius 3 is 2.87 bits per heavy atom. The van der Waals surface area contributed by atoms with E-state index in [4.69, 9.17) is 11.0 Å². The van der Waals surface area contributed by atoms with Crippen LogP contribution in [-0.2, 0) is 16.0 Å². The molecular formula is C10H9FN2O2. The highest BCUT2D eigenvalue weighted by molar-refractivity contribution is 5.73. The van der Waals surface area contributed by atoms with Gasteiger partial charge < -0.3 is 10.5 Å². The molecule has 0 aromatic heterocycles. The first kappa shape index (κ1) is 11.0. The number of carbonyl (C=O) groups excluding carboxylic acids is 1. The minimum Gasteiger partial charge on any atom is -0.469 e. The van der Waals surface area contributed by atoms with Gasteiger partial charge in [0, 0.05) is 11.3 Å². The van der Waals surface area contributed by atoms with Crippen molar-refractivity contribution in [2.45, 2.75) is 6.42 Å². The molecule has 0 saturated carbocycles. The Morgan fingerprint density at radius 2 is 2.33 bits per heavy atom. The van der Waals surface area contributed by atoms with Gasteiger partial charge in [0.2, 0.25) is 0 Å². The number of nitriles is 1. The number of nitrogens with two attached hydrogens (primary N) is 1. The molecule has 78 valence electrons. The molecule has 2 N–H and O–H groups in total. The maximum Gasteiger partial charge on any atom is 0.310 e. The Bertz CT molecular complexity index is 438. The third-order valence-electron chi connectivity index (χ3n) is 1.85. The highest BCUT2D eigenvalue weighted by Gasteiger charge is 2.13. The number of ether oxygens (including phenoxy) is 1. The maximum absolute atomic E-state index is 13.5. The molecule has 0 amide bonds. The number of hydrogen-bond donors (Lipinski definition) is 1. The number of nitrogens with zero attached hydrogens (tertiary/aromatic N) is 1. The van der Waals surface area contributed by atoms with Crippen molar-refractivity contribution >= 4 is 11.7 Å². The maximum atomic E-state index is 13.5. The van der Waals surface area contributed by atoms with Crippen LogP contribution in [0.1, 0.15) is 11.1 Å². The third kappa shape index (κ3) is 2.44. The van der Waals surface area contributed by atoms with Crippen LogP contribution in [0.15, 0.2) is 12.1 Å². The summed E-state index contributed by atoms with van der Waals surface area (Å²) in [5.41, 5.74) is 5.59. The summed E-state index contributed by atoms with van der Waals surface area (Å²) >= 11 is 0. The highest BCUT2D eigenvalue weighted by atomic mass is 19.1. The second-order valence-corrected chi connectivity index (χ2v) is 2.91. The summed E-state index contributed by atoms with van der Waals surface area (Å²) in [6.45, 7) is 0. The number of carbonyl (C=O) groups is 1. The van der Waals surface area contributed by atoms with Crippen LogP contribution in [0.5, 0.6) is 0 Å². The zero-order valence-electron chi connectivity index (χ0n) is 8.08. The van der Waals surface area contributed by atoms with Gasteiger partial charge in [0.15, 0.2) is 0 Å². The zero-order chi connectivity index (χ0) is 11.4. The molecule has 0 aliphatic carbocycles. The van der Waals surface area contributed by atoms with Crippen LogP contribution in [0.2, 0.25) is 0 Å². The molecule has 15 heavy (non-hydrogen) atoms. The largest absolute Gasteiger partial charge is 0.469 e. The van der Waals surface area contributed by atoms with Gasteiger partial charge in [0.05, 0.1) is 19.1 Å². The summed E-state index contributed by atoms with van der Waals surface area (Å²) < 4.78 is 17.9. The Hall–Kier alpha value is -2.09. The van der Waals surface area contributed by atoms with Crippen molar-refractivity contribution in [2.24, 2.45) is 0 Å². The van der Waals surface area contributed by atoms with Crippen LogP contribution < -0.4 is 5.73 Å². The molecule has 0 aliphatic heterocycles. The molecular weight excluding hydrogens is 199 g/mol. The lowest BCUT2D eigenvalue weighted by molar-refractivity contribution is -0.139. The average molecular weight is 208 g/mol. The van der Waals surface area contributed by atoms with Gasteiger partial charge in [-0.25, -0.2) is 4.39 Å². The van der Waals surface area contributed by atoms with Crippen LogP contribution in [-0.4, -0.2) is 13.1 Å². The average Bonchev–Trinajstić information content (AvgIpc) is 2.22. The van der Waals surface area contributed by atoms with E-state index in [0.717, 1.165) is 0 Å². The summed E-state index contributed by atoms with van der Waals surface area (Å²) in [5, 5.41) is 8.60. The molecule has 0 spiro atoms. The van der Waals surface area contributed by atoms with E-state index in [2.05, 4.69) is 4.74 Å². The fourth-order valence-electron chi connectivity index (χ4n) is 1.15. The first-order valence-electron chi connectivity index (χ1n) is 4.13. The normalized spacial score (nSPS) is 9.40. The van der Waals surface area contributed by atoms with Crippen molar-refractivity contribution in [1.82, 2.24) is 0 Å². The van der Waals surface area contributed by atoms with Gasteiger partial charge >= 0.3 is 5.97 Å². The fraction of sp³-hybridized carbons (Fsp3) is 0.200. The highest BCUT2D eigenvalue weighted by Crippen LogP contribution is 2.17. The summed E-state index contributed by atoms with van der Waals surface area (Å²) in [6.07, 6.45) is -0.234. The molecule has 0 bridgehead atoms. The van der Waals surface area contributed by atoms with Crippen LogP contribution in [0, 0.1) is 17.1 Å². The molecule has 1 aromatic carbocycles. The van der Waals surface area contributed by atoms with Gasteiger partial charge in [-0.1, -0.05) is 0 Å². The summed E-state index contributed by atoms with van der Waals surface area (Å²) in [6, 6.07) is 4.19. The van der Waals surface area contributed by atoms with Crippen molar-refractivity contribution in [3.63, 3.8) is 0 Å². The summed E-state index contributed by atoms with van der Waals surface area (Å²) in [5.74, 6) is -1.31. The molecule has 0 unspecified atom stereocenters. The lowest BCUT2D eigenvalue weighted by Gasteiger charge is -2.04. The van der Waals surface area contributed by atoms with E-state index >= 15 is 0 Å². The van der Waals surface area contributed by atoms with Crippen molar-refractivity contribution in [3.8, 4) is 6.07 Å². The predicted molar refractivity (Wildman–Crippen MR) is 51.2 cm³/mol. The van der Waals surface area contributed by atoms with Crippen molar-refractivity contribution < 1.29 is 13.9 Å². The van der Waals surface area contributed by atoms with Gasteiger partial charge in [-0.05, 0) is 12.1 Å². The minimum atomic E-state index is -0.725. The van der Waals surface area contributed by atoms with Crippen LogP contribution in [0.4, 0.5) is 10.1 Å². The van der Waals surface area contributed by atoms with Crippen molar-refractivity contribution in [2.75, 3.05) is 12.8 Å².